The molecule has 0 bridgehead atoms. The van der Waals surface area contributed by atoms with E-state index in [0.717, 1.165) is 22.2 Å². The van der Waals surface area contributed by atoms with Crippen LogP contribution in [-0.2, 0) is 4.79 Å². The number of nitrogens with one attached hydrogen (secondary N) is 1. The van der Waals surface area contributed by atoms with Crippen molar-refractivity contribution in [3.05, 3.63) is 28.7 Å². The molecule has 0 radical (unpaired) electrons. The normalized spacial score (nSPS) is 17.7. The molecule has 0 unspecified atom stereocenters. The van der Waals surface area contributed by atoms with Crippen molar-refractivity contribution < 1.29 is 4.79 Å². The van der Waals surface area contributed by atoms with Crippen LogP contribution in [0.5, 0.6) is 0 Å². The van der Waals surface area contributed by atoms with Crippen LogP contribution < -0.4 is 5.32 Å². The molecule has 18 heavy (non-hydrogen) atoms. The average Bonchev–Trinajstić information content (AvgIpc) is 2.85. The summed E-state index contributed by atoms with van der Waals surface area (Å²) in [5, 5.41) is 3.11. The van der Waals surface area contributed by atoms with Gasteiger partial charge in [0.1, 0.15) is 0 Å². The number of hydrogen-bond acceptors (Lipinski definition) is 2. The van der Waals surface area contributed by atoms with Crippen molar-refractivity contribution >= 4 is 33.6 Å². The monoisotopic (exact) mass is 327 g/mol. The molecule has 2 nitrogen and oxygen atoms in total. The van der Waals surface area contributed by atoms with Crippen LogP contribution in [-0.4, -0.2) is 17.2 Å². The quantitative estimate of drug-likeness (QED) is 0.847. The molecule has 0 aliphatic heterocycles. The Balaban J connectivity index is 1.84. The maximum absolute atomic E-state index is 12.0. The second-order valence-electron chi connectivity index (χ2n) is 4.70. The van der Waals surface area contributed by atoms with Gasteiger partial charge >= 0.3 is 0 Å². The van der Waals surface area contributed by atoms with Crippen LogP contribution in [0.4, 0.5) is 0 Å². The molecule has 2 rings (SSSR count). The van der Waals surface area contributed by atoms with E-state index in [4.69, 9.17) is 0 Å². The third kappa shape index (κ3) is 4.02. The Morgan fingerprint density at radius 2 is 1.94 bits per heavy atom. The van der Waals surface area contributed by atoms with Crippen LogP contribution >= 0.6 is 27.7 Å². The summed E-state index contributed by atoms with van der Waals surface area (Å²) in [6.07, 6.45) is 4.78. The first-order valence-corrected chi connectivity index (χ1v) is 8.05. The van der Waals surface area contributed by atoms with Gasteiger partial charge in [-0.3, -0.25) is 4.79 Å². The molecule has 1 aromatic rings. The maximum atomic E-state index is 12.0. The summed E-state index contributed by atoms with van der Waals surface area (Å²) in [5.74, 6) is 0.162. The van der Waals surface area contributed by atoms with E-state index in [2.05, 4.69) is 21.2 Å². The van der Waals surface area contributed by atoms with Gasteiger partial charge in [0.05, 0.1) is 5.25 Å². The van der Waals surface area contributed by atoms with Crippen LogP contribution in [0.2, 0.25) is 0 Å². The molecule has 1 amide bonds. The molecule has 1 aliphatic carbocycles. The number of thioether (sulfide) groups is 1. The molecule has 1 atom stereocenters. The van der Waals surface area contributed by atoms with Gasteiger partial charge in [0.25, 0.3) is 0 Å². The Kier molecular flexibility index (Phi) is 5.13. The molecule has 0 spiro atoms. The summed E-state index contributed by atoms with van der Waals surface area (Å²) < 4.78 is 1.06. The van der Waals surface area contributed by atoms with Gasteiger partial charge in [-0.15, -0.1) is 11.8 Å². The van der Waals surface area contributed by atoms with Crippen molar-refractivity contribution in [3.63, 3.8) is 0 Å². The molecule has 1 N–H and O–H groups in total. The van der Waals surface area contributed by atoms with Crippen molar-refractivity contribution in [1.29, 1.82) is 0 Å². The molecule has 0 saturated heterocycles. The Hall–Kier alpha value is -0.480. The zero-order valence-electron chi connectivity index (χ0n) is 10.5. The molecule has 1 saturated carbocycles. The molecule has 0 aromatic heterocycles. The molecular weight excluding hydrogens is 310 g/mol. The van der Waals surface area contributed by atoms with Crippen LogP contribution in [0, 0.1) is 0 Å². The van der Waals surface area contributed by atoms with Gasteiger partial charge in [-0.05, 0) is 44.0 Å². The van der Waals surface area contributed by atoms with E-state index < -0.39 is 0 Å². The largest absolute Gasteiger partial charge is 0.352 e. The summed E-state index contributed by atoms with van der Waals surface area (Å²) in [6, 6.07) is 8.49. The molecule has 1 aliphatic rings. The topological polar surface area (TPSA) is 29.1 Å². The molecule has 1 fully saturated rings. The fourth-order valence-corrected chi connectivity index (χ4v) is 3.30. The highest BCUT2D eigenvalue weighted by Crippen LogP contribution is 2.25. The lowest BCUT2D eigenvalue weighted by molar-refractivity contribution is -0.120. The van der Waals surface area contributed by atoms with Crippen LogP contribution in [0.3, 0.4) is 0 Å². The predicted molar refractivity (Wildman–Crippen MR) is 79.9 cm³/mol. The van der Waals surface area contributed by atoms with Gasteiger partial charge in [-0.25, -0.2) is 0 Å². The first kappa shape index (κ1) is 13.9. The zero-order chi connectivity index (χ0) is 13.0. The van der Waals surface area contributed by atoms with E-state index >= 15 is 0 Å². The Labute approximate surface area is 121 Å². The van der Waals surface area contributed by atoms with E-state index in [1.54, 1.807) is 11.8 Å². The van der Waals surface area contributed by atoms with Crippen LogP contribution in [0.15, 0.2) is 33.6 Å². The van der Waals surface area contributed by atoms with Crippen molar-refractivity contribution in [1.82, 2.24) is 5.32 Å². The number of amides is 1. The van der Waals surface area contributed by atoms with E-state index in [9.17, 15) is 4.79 Å². The minimum atomic E-state index is -0.0354. The fourth-order valence-electron chi connectivity index (χ4n) is 2.16. The Morgan fingerprint density at radius 3 is 2.56 bits per heavy atom. The third-order valence-corrected chi connectivity index (χ3v) is 4.84. The first-order valence-electron chi connectivity index (χ1n) is 6.38. The summed E-state index contributed by atoms with van der Waals surface area (Å²) in [6.45, 7) is 1.97. The van der Waals surface area contributed by atoms with E-state index in [-0.39, 0.29) is 11.2 Å². The molecule has 1 aromatic carbocycles. The second kappa shape index (κ2) is 6.62. The van der Waals surface area contributed by atoms with Crippen molar-refractivity contribution in [2.45, 2.75) is 48.8 Å². The zero-order valence-corrected chi connectivity index (χ0v) is 12.9. The standard InChI is InChI=1S/C14H18BrNOS/c1-10(14(17)16-12-4-2-3-5-12)18-13-8-6-11(15)7-9-13/h6-10,12H,2-5H2,1H3,(H,16,17)/t10-/m0/s1. The van der Waals surface area contributed by atoms with E-state index in [0.29, 0.717) is 6.04 Å². The van der Waals surface area contributed by atoms with Gasteiger partial charge in [-0.2, -0.15) is 0 Å². The molecule has 98 valence electrons. The minimum absolute atomic E-state index is 0.0354. The van der Waals surface area contributed by atoms with Gasteiger partial charge in [-0.1, -0.05) is 28.8 Å². The van der Waals surface area contributed by atoms with E-state index in [1.165, 1.54) is 12.8 Å². The van der Waals surface area contributed by atoms with Crippen LogP contribution in [0.25, 0.3) is 0 Å². The average molecular weight is 328 g/mol. The summed E-state index contributed by atoms with van der Waals surface area (Å²) in [4.78, 5) is 13.2. The summed E-state index contributed by atoms with van der Waals surface area (Å²) >= 11 is 5.02. The first-order chi connectivity index (χ1) is 8.65. The SMILES string of the molecule is C[C@H](Sc1ccc(Br)cc1)C(=O)NC1CCCC1. The lowest BCUT2D eigenvalue weighted by Gasteiger charge is -2.16. The fraction of sp³-hybridized carbons (Fsp3) is 0.500. The highest BCUT2D eigenvalue weighted by molar-refractivity contribution is 9.10. The summed E-state index contributed by atoms with van der Waals surface area (Å²) in [7, 11) is 0. The van der Waals surface area contributed by atoms with Gasteiger partial charge in [0.2, 0.25) is 5.91 Å². The third-order valence-electron chi connectivity index (χ3n) is 3.20. The predicted octanol–water partition coefficient (Wildman–Crippen LogP) is 3.99. The maximum Gasteiger partial charge on any atom is 0.233 e. The number of halogens is 1. The smallest absolute Gasteiger partial charge is 0.233 e. The van der Waals surface area contributed by atoms with Crippen LogP contribution in [0.1, 0.15) is 32.6 Å². The minimum Gasteiger partial charge on any atom is -0.352 e. The van der Waals surface area contributed by atoms with Gasteiger partial charge in [0, 0.05) is 15.4 Å². The lowest BCUT2D eigenvalue weighted by atomic mass is 10.2. The van der Waals surface area contributed by atoms with Crippen molar-refractivity contribution in [3.8, 4) is 0 Å². The number of benzene rings is 1. The van der Waals surface area contributed by atoms with Gasteiger partial charge in [0.15, 0.2) is 0 Å². The lowest BCUT2D eigenvalue weighted by Crippen LogP contribution is -2.37. The number of carbonyl (C=O) groups excluding carboxylic acids is 1. The van der Waals surface area contributed by atoms with Crippen molar-refractivity contribution in [2.75, 3.05) is 0 Å². The number of rotatable bonds is 4. The second-order valence-corrected chi connectivity index (χ2v) is 7.03. The Bertz CT molecular complexity index is 401. The number of carbonyl (C=O) groups is 1. The highest BCUT2D eigenvalue weighted by atomic mass is 79.9. The number of hydrogen-bond donors (Lipinski definition) is 1. The van der Waals surface area contributed by atoms with Gasteiger partial charge < -0.3 is 5.32 Å². The van der Waals surface area contributed by atoms with Crippen molar-refractivity contribution in [2.24, 2.45) is 0 Å². The molecule has 4 heteroatoms. The molecular formula is C14H18BrNOS. The highest BCUT2D eigenvalue weighted by Gasteiger charge is 2.21. The summed E-state index contributed by atoms with van der Waals surface area (Å²) in [5.41, 5.74) is 0. The molecule has 0 heterocycles. The van der Waals surface area contributed by atoms with E-state index in [1.807, 2.05) is 31.2 Å². The Morgan fingerprint density at radius 1 is 1.33 bits per heavy atom.